The standard InChI is InChI=1S/C19H22F3N3OS/c1-11(2)25-9-8-15(10-25)24-17(26)16-12(3)23-18(27-16)13-4-6-14(7-5-13)19(20,21)22/h4-7,11,15H,8-10H2,1-3H3,(H,24,26)/t15-/m1/s1. The van der Waals surface area contributed by atoms with Crippen LogP contribution in [0.1, 0.15) is 41.2 Å². The van der Waals surface area contributed by atoms with Gasteiger partial charge in [-0.15, -0.1) is 11.3 Å². The Morgan fingerprint density at radius 2 is 1.96 bits per heavy atom. The van der Waals surface area contributed by atoms with Gasteiger partial charge in [0.2, 0.25) is 0 Å². The zero-order valence-corrected chi connectivity index (χ0v) is 16.2. The minimum atomic E-state index is -4.37. The van der Waals surface area contributed by atoms with E-state index in [4.69, 9.17) is 0 Å². The summed E-state index contributed by atoms with van der Waals surface area (Å²) in [6.45, 7) is 7.80. The summed E-state index contributed by atoms with van der Waals surface area (Å²) in [7, 11) is 0. The molecule has 1 aliphatic rings. The van der Waals surface area contributed by atoms with E-state index in [1.807, 2.05) is 0 Å². The highest BCUT2D eigenvalue weighted by Gasteiger charge is 2.30. The molecule has 8 heteroatoms. The summed E-state index contributed by atoms with van der Waals surface area (Å²) in [6, 6.07) is 5.40. The highest BCUT2D eigenvalue weighted by molar-refractivity contribution is 7.17. The molecule has 0 radical (unpaired) electrons. The fraction of sp³-hybridized carbons (Fsp3) is 0.474. The average molecular weight is 397 g/mol. The van der Waals surface area contributed by atoms with Gasteiger partial charge >= 0.3 is 6.18 Å². The molecule has 1 aromatic carbocycles. The van der Waals surface area contributed by atoms with Crippen LogP contribution < -0.4 is 5.32 Å². The summed E-state index contributed by atoms with van der Waals surface area (Å²) < 4.78 is 38.1. The Bertz CT molecular complexity index is 815. The van der Waals surface area contributed by atoms with Gasteiger partial charge in [-0.3, -0.25) is 9.69 Å². The van der Waals surface area contributed by atoms with Crippen LogP contribution in [-0.2, 0) is 6.18 Å². The highest BCUT2D eigenvalue weighted by Crippen LogP contribution is 2.33. The Hall–Kier alpha value is -1.93. The van der Waals surface area contributed by atoms with Gasteiger partial charge in [-0.25, -0.2) is 4.98 Å². The van der Waals surface area contributed by atoms with Gasteiger partial charge < -0.3 is 5.32 Å². The number of nitrogens with zero attached hydrogens (tertiary/aromatic N) is 2. The molecule has 0 saturated carbocycles. The number of thiazole rings is 1. The second-order valence-corrected chi connectivity index (χ2v) is 8.06. The molecule has 1 aliphatic heterocycles. The molecule has 27 heavy (non-hydrogen) atoms. The van der Waals surface area contributed by atoms with E-state index >= 15 is 0 Å². The van der Waals surface area contributed by atoms with Crippen molar-refractivity contribution < 1.29 is 18.0 Å². The Morgan fingerprint density at radius 3 is 2.52 bits per heavy atom. The zero-order valence-electron chi connectivity index (χ0n) is 15.4. The number of alkyl halides is 3. The number of likely N-dealkylation sites (tertiary alicyclic amines) is 1. The largest absolute Gasteiger partial charge is 0.416 e. The lowest BCUT2D eigenvalue weighted by Gasteiger charge is -2.20. The van der Waals surface area contributed by atoms with Gasteiger partial charge in [-0.1, -0.05) is 12.1 Å². The number of halogens is 3. The molecule has 1 saturated heterocycles. The molecule has 2 aromatic rings. The monoisotopic (exact) mass is 397 g/mol. The smallest absolute Gasteiger partial charge is 0.347 e. The molecule has 1 amide bonds. The van der Waals surface area contributed by atoms with Gasteiger partial charge in [0, 0.05) is 30.7 Å². The number of nitrogens with one attached hydrogen (secondary N) is 1. The molecule has 0 bridgehead atoms. The van der Waals surface area contributed by atoms with E-state index in [0.717, 1.165) is 31.6 Å². The van der Waals surface area contributed by atoms with E-state index in [2.05, 4.69) is 29.0 Å². The molecule has 3 rings (SSSR count). The van der Waals surface area contributed by atoms with Crippen LogP contribution in [0.25, 0.3) is 10.6 Å². The predicted molar refractivity (Wildman–Crippen MR) is 99.9 cm³/mol. The predicted octanol–water partition coefficient (Wildman–Crippen LogP) is 4.35. The summed E-state index contributed by atoms with van der Waals surface area (Å²) in [5.74, 6) is -0.168. The van der Waals surface area contributed by atoms with Gasteiger partial charge in [0.05, 0.1) is 11.3 Å². The summed E-state index contributed by atoms with van der Waals surface area (Å²) in [5.41, 5.74) is 0.460. The number of carbonyl (C=O) groups is 1. The van der Waals surface area contributed by atoms with Gasteiger partial charge in [0.25, 0.3) is 5.91 Å². The number of benzene rings is 1. The van der Waals surface area contributed by atoms with E-state index in [1.165, 1.54) is 23.5 Å². The average Bonchev–Trinajstić information content (AvgIpc) is 3.21. The maximum atomic E-state index is 12.7. The Kier molecular flexibility index (Phi) is 5.58. The molecular weight excluding hydrogens is 375 g/mol. The Balaban J connectivity index is 1.72. The lowest BCUT2D eigenvalue weighted by Crippen LogP contribution is -2.38. The molecule has 0 spiro atoms. The SMILES string of the molecule is Cc1nc(-c2ccc(C(F)(F)F)cc2)sc1C(=O)N[C@@H]1CCN(C(C)C)C1. The lowest BCUT2D eigenvalue weighted by molar-refractivity contribution is -0.137. The number of aryl methyl sites for hydroxylation is 1. The van der Waals surface area contributed by atoms with Crippen molar-refractivity contribution in [2.45, 2.75) is 45.5 Å². The first-order valence-electron chi connectivity index (χ1n) is 8.85. The van der Waals surface area contributed by atoms with E-state index in [-0.39, 0.29) is 11.9 Å². The van der Waals surface area contributed by atoms with Crippen LogP contribution in [0.2, 0.25) is 0 Å². The first-order chi connectivity index (χ1) is 12.6. The highest BCUT2D eigenvalue weighted by atomic mass is 32.1. The zero-order chi connectivity index (χ0) is 19.8. The fourth-order valence-corrected chi connectivity index (χ4v) is 4.13. The first kappa shape index (κ1) is 19.8. The molecule has 0 unspecified atom stereocenters. The van der Waals surface area contributed by atoms with Gasteiger partial charge in [-0.05, 0) is 39.3 Å². The van der Waals surface area contributed by atoms with E-state index in [1.54, 1.807) is 6.92 Å². The molecule has 0 aliphatic carbocycles. The minimum absolute atomic E-state index is 0.107. The van der Waals surface area contributed by atoms with Crippen LogP contribution in [0.15, 0.2) is 24.3 Å². The second kappa shape index (κ2) is 7.59. The third kappa shape index (κ3) is 4.50. The van der Waals surface area contributed by atoms with Crippen molar-refractivity contribution in [2.75, 3.05) is 13.1 Å². The van der Waals surface area contributed by atoms with Crippen LogP contribution in [-0.4, -0.2) is 41.0 Å². The van der Waals surface area contributed by atoms with Crippen LogP contribution in [0.3, 0.4) is 0 Å². The molecule has 1 atom stereocenters. The summed E-state index contributed by atoms with van der Waals surface area (Å²) in [4.78, 5) is 19.8. The topological polar surface area (TPSA) is 45.2 Å². The van der Waals surface area contributed by atoms with Crippen molar-refractivity contribution in [2.24, 2.45) is 0 Å². The normalized spacial score (nSPS) is 18.3. The number of hydrogen-bond acceptors (Lipinski definition) is 4. The van der Waals surface area contributed by atoms with Crippen LogP contribution >= 0.6 is 11.3 Å². The summed E-state index contributed by atoms with van der Waals surface area (Å²) >= 11 is 1.21. The summed E-state index contributed by atoms with van der Waals surface area (Å²) in [5, 5.41) is 3.60. The van der Waals surface area contributed by atoms with Crippen molar-refractivity contribution in [1.29, 1.82) is 0 Å². The number of aromatic nitrogens is 1. The van der Waals surface area contributed by atoms with Crippen LogP contribution in [0.4, 0.5) is 13.2 Å². The first-order valence-corrected chi connectivity index (χ1v) is 9.66. The van der Waals surface area contributed by atoms with Crippen molar-refractivity contribution in [3.8, 4) is 10.6 Å². The maximum Gasteiger partial charge on any atom is 0.416 e. The third-order valence-corrected chi connectivity index (χ3v) is 5.95. The van der Waals surface area contributed by atoms with Gasteiger partial charge in [0.15, 0.2) is 0 Å². The van der Waals surface area contributed by atoms with Gasteiger partial charge in [0.1, 0.15) is 9.88 Å². The van der Waals surface area contributed by atoms with Crippen LogP contribution in [0.5, 0.6) is 0 Å². The van der Waals surface area contributed by atoms with Crippen molar-refractivity contribution >= 4 is 17.2 Å². The number of hydrogen-bond donors (Lipinski definition) is 1. The van der Waals surface area contributed by atoms with Crippen molar-refractivity contribution in [3.05, 3.63) is 40.4 Å². The molecule has 1 fully saturated rings. The molecule has 2 heterocycles. The Labute approximate surface area is 160 Å². The van der Waals surface area contributed by atoms with Crippen molar-refractivity contribution in [3.63, 3.8) is 0 Å². The van der Waals surface area contributed by atoms with Crippen molar-refractivity contribution in [1.82, 2.24) is 15.2 Å². The van der Waals surface area contributed by atoms with E-state index in [0.29, 0.717) is 27.2 Å². The molecule has 1 N–H and O–H groups in total. The Morgan fingerprint density at radius 1 is 1.30 bits per heavy atom. The molecule has 4 nitrogen and oxygen atoms in total. The molecule has 146 valence electrons. The third-order valence-electron chi connectivity index (χ3n) is 4.75. The van der Waals surface area contributed by atoms with Crippen LogP contribution in [0, 0.1) is 6.92 Å². The quantitative estimate of drug-likeness (QED) is 0.834. The molecule has 1 aromatic heterocycles. The number of rotatable bonds is 4. The second-order valence-electron chi connectivity index (χ2n) is 7.06. The minimum Gasteiger partial charge on any atom is -0.347 e. The van der Waals surface area contributed by atoms with E-state index in [9.17, 15) is 18.0 Å². The molecular formula is C19H22F3N3OS. The lowest BCUT2D eigenvalue weighted by atomic mass is 10.1. The summed E-state index contributed by atoms with van der Waals surface area (Å²) in [6.07, 6.45) is -3.46. The fourth-order valence-electron chi connectivity index (χ4n) is 3.16. The number of carbonyl (C=O) groups excluding carboxylic acids is 1. The number of amides is 1. The van der Waals surface area contributed by atoms with E-state index < -0.39 is 11.7 Å². The maximum absolute atomic E-state index is 12.7. The van der Waals surface area contributed by atoms with Gasteiger partial charge in [-0.2, -0.15) is 13.2 Å².